The van der Waals surface area contributed by atoms with E-state index >= 15 is 0 Å². The van der Waals surface area contributed by atoms with Crippen molar-refractivity contribution in [3.05, 3.63) is 119 Å². The summed E-state index contributed by atoms with van der Waals surface area (Å²) in [4.78, 5) is 0. The number of aryl methyl sites for hydroxylation is 2. The molecule has 4 aromatic rings. The van der Waals surface area contributed by atoms with E-state index in [0.29, 0.717) is 0 Å². The summed E-state index contributed by atoms with van der Waals surface area (Å²) in [5.74, 6) is 0.369. The molecular weight excluding hydrogens is 382 g/mol. The summed E-state index contributed by atoms with van der Waals surface area (Å²) in [5, 5.41) is 28.0. The van der Waals surface area contributed by atoms with Crippen LogP contribution in [0.2, 0.25) is 0 Å². The van der Waals surface area contributed by atoms with Gasteiger partial charge in [0.05, 0.1) is 5.41 Å². The summed E-state index contributed by atoms with van der Waals surface area (Å²) in [6.07, 6.45) is 3.77. The Labute approximate surface area is 181 Å². The van der Waals surface area contributed by atoms with E-state index in [-0.39, 0.29) is 11.5 Å². The van der Waals surface area contributed by atoms with Crippen molar-refractivity contribution in [2.75, 3.05) is 0 Å². The van der Waals surface area contributed by atoms with Crippen molar-refractivity contribution in [2.24, 2.45) is 0 Å². The standard InChI is InChI=1S/C28H23NO2/c29-18-28(24-9-13-26(30)14-10-24,25-11-15-27(31)16-12-25)23-7-5-20(6-8-23)22-4-2-19-1-3-21(19)17-22/h2,4-18,29-31H,1,3H2. The maximum Gasteiger partial charge on any atom is 0.115 e. The van der Waals surface area contributed by atoms with E-state index in [0.717, 1.165) is 28.7 Å². The Bertz CT molecular complexity index is 1190. The van der Waals surface area contributed by atoms with Crippen LogP contribution < -0.4 is 0 Å². The van der Waals surface area contributed by atoms with Crippen LogP contribution in [0.15, 0.2) is 91.0 Å². The lowest BCUT2D eigenvalue weighted by Gasteiger charge is -2.32. The van der Waals surface area contributed by atoms with Gasteiger partial charge in [-0.3, -0.25) is 0 Å². The minimum atomic E-state index is -0.833. The number of hydrogen-bond donors (Lipinski definition) is 3. The molecule has 0 unspecified atom stereocenters. The number of phenolic OH excluding ortho intramolecular Hbond substituents is 2. The number of fused-ring (bicyclic) bond motifs is 1. The molecule has 0 saturated heterocycles. The van der Waals surface area contributed by atoms with Crippen molar-refractivity contribution < 1.29 is 10.2 Å². The fraction of sp³-hybridized carbons (Fsp3) is 0.107. The molecule has 31 heavy (non-hydrogen) atoms. The highest BCUT2D eigenvalue weighted by Gasteiger charge is 2.34. The number of aromatic hydroxyl groups is 2. The van der Waals surface area contributed by atoms with Crippen LogP contribution in [0.3, 0.4) is 0 Å². The zero-order chi connectivity index (χ0) is 21.4. The van der Waals surface area contributed by atoms with E-state index in [2.05, 4.69) is 42.5 Å². The van der Waals surface area contributed by atoms with Gasteiger partial charge in [-0.1, -0.05) is 66.7 Å². The summed E-state index contributed by atoms with van der Waals surface area (Å²) in [5.41, 5.74) is 7.10. The van der Waals surface area contributed by atoms with Gasteiger partial charge in [0.25, 0.3) is 0 Å². The Morgan fingerprint density at radius 1 is 0.581 bits per heavy atom. The Hall–Kier alpha value is -3.85. The summed E-state index contributed by atoms with van der Waals surface area (Å²) < 4.78 is 0. The molecule has 3 nitrogen and oxygen atoms in total. The highest BCUT2D eigenvalue weighted by atomic mass is 16.3. The molecule has 0 radical (unpaired) electrons. The van der Waals surface area contributed by atoms with Crippen molar-refractivity contribution in [2.45, 2.75) is 18.3 Å². The van der Waals surface area contributed by atoms with E-state index in [9.17, 15) is 10.2 Å². The lowest BCUT2D eigenvalue weighted by atomic mass is 9.70. The van der Waals surface area contributed by atoms with Crippen molar-refractivity contribution in [1.29, 1.82) is 5.41 Å². The molecule has 0 amide bonds. The van der Waals surface area contributed by atoms with Crippen molar-refractivity contribution in [1.82, 2.24) is 0 Å². The maximum atomic E-state index is 9.79. The summed E-state index contributed by atoms with van der Waals surface area (Å²) in [7, 11) is 0. The Morgan fingerprint density at radius 3 is 1.45 bits per heavy atom. The zero-order valence-electron chi connectivity index (χ0n) is 17.0. The average Bonchev–Trinajstić information content (AvgIpc) is 2.78. The molecule has 0 aliphatic heterocycles. The van der Waals surface area contributed by atoms with Crippen LogP contribution in [0.25, 0.3) is 11.1 Å². The Morgan fingerprint density at radius 2 is 1.03 bits per heavy atom. The number of phenols is 2. The topological polar surface area (TPSA) is 64.3 Å². The first kappa shape index (κ1) is 19.1. The largest absolute Gasteiger partial charge is 0.508 e. The first-order valence-corrected chi connectivity index (χ1v) is 10.4. The van der Waals surface area contributed by atoms with Crippen molar-refractivity contribution >= 4 is 6.21 Å². The fourth-order valence-electron chi connectivity index (χ4n) is 4.50. The monoisotopic (exact) mass is 405 g/mol. The number of nitrogens with one attached hydrogen (secondary N) is 1. The third-order valence-electron chi connectivity index (χ3n) is 6.41. The average molecular weight is 405 g/mol. The van der Waals surface area contributed by atoms with Gasteiger partial charge >= 0.3 is 0 Å². The molecule has 4 aromatic carbocycles. The zero-order valence-corrected chi connectivity index (χ0v) is 17.0. The molecule has 0 aromatic heterocycles. The normalized spacial score (nSPS) is 12.6. The minimum Gasteiger partial charge on any atom is -0.508 e. The molecule has 5 rings (SSSR count). The molecule has 1 aliphatic carbocycles. The predicted molar refractivity (Wildman–Crippen MR) is 124 cm³/mol. The van der Waals surface area contributed by atoms with Gasteiger partial charge in [0.15, 0.2) is 0 Å². The molecule has 0 heterocycles. The van der Waals surface area contributed by atoms with E-state index in [1.807, 2.05) is 24.3 Å². The minimum absolute atomic E-state index is 0.185. The van der Waals surface area contributed by atoms with Gasteiger partial charge in [0.1, 0.15) is 11.5 Å². The maximum absolute atomic E-state index is 9.79. The molecule has 0 atom stereocenters. The van der Waals surface area contributed by atoms with E-state index < -0.39 is 5.41 Å². The molecule has 3 heteroatoms. The molecule has 0 saturated carbocycles. The van der Waals surface area contributed by atoms with Crippen LogP contribution in [0.1, 0.15) is 27.8 Å². The third-order valence-corrected chi connectivity index (χ3v) is 6.41. The van der Waals surface area contributed by atoms with Crippen molar-refractivity contribution in [3.8, 4) is 22.6 Å². The van der Waals surface area contributed by atoms with Crippen LogP contribution in [-0.2, 0) is 18.3 Å². The fourth-order valence-corrected chi connectivity index (χ4v) is 4.50. The van der Waals surface area contributed by atoms with Gasteiger partial charge in [0.2, 0.25) is 0 Å². The Kier molecular flexibility index (Phi) is 4.59. The van der Waals surface area contributed by atoms with Gasteiger partial charge in [-0.25, -0.2) is 0 Å². The summed E-state index contributed by atoms with van der Waals surface area (Å²) in [6, 6.07) is 29.0. The second-order valence-electron chi connectivity index (χ2n) is 8.11. The molecule has 0 fully saturated rings. The number of benzene rings is 4. The Balaban J connectivity index is 1.63. The molecule has 0 spiro atoms. The van der Waals surface area contributed by atoms with Crippen LogP contribution >= 0.6 is 0 Å². The first-order valence-electron chi connectivity index (χ1n) is 10.4. The van der Waals surface area contributed by atoms with Crippen LogP contribution in [0.4, 0.5) is 0 Å². The van der Waals surface area contributed by atoms with Gasteiger partial charge in [0, 0.05) is 6.21 Å². The highest BCUT2D eigenvalue weighted by Crippen LogP contribution is 2.40. The lowest BCUT2D eigenvalue weighted by molar-refractivity contribution is 0.475. The van der Waals surface area contributed by atoms with Crippen LogP contribution in [0.5, 0.6) is 11.5 Å². The van der Waals surface area contributed by atoms with Gasteiger partial charge in [-0.15, -0.1) is 0 Å². The summed E-state index contributed by atoms with van der Waals surface area (Å²) >= 11 is 0. The van der Waals surface area contributed by atoms with Gasteiger partial charge in [-0.2, -0.15) is 0 Å². The van der Waals surface area contributed by atoms with Crippen LogP contribution in [-0.4, -0.2) is 16.4 Å². The predicted octanol–water partition coefficient (Wildman–Crippen LogP) is 5.85. The SMILES string of the molecule is N=CC(c1ccc(O)cc1)(c1ccc(O)cc1)c1ccc(-c2ccc3c(c2)CC3)cc1. The molecule has 3 N–H and O–H groups in total. The van der Waals surface area contributed by atoms with Gasteiger partial charge < -0.3 is 15.6 Å². The molecule has 1 aliphatic rings. The third kappa shape index (κ3) is 3.19. The van der Waals surface area contributed by atoms with Crippen molar-refractivity contribution in [3.63, 3.8) is 0 Å². The molecular formula is C28H23NO2. The second kappa shape index (κ2) is 7.44. The smallest absolute Gasteiger partial charge is 0.115 e. The molecule has 152 valence electrons. The van der Waals surface area contributed by atoms with Crippen LogP contribution in [0, 0.1) is 5.41 Å². The van der Waals surface area contributed by atoms with E-state index in [4.69, 9.17) is 5.41 Å². The first-order chi connectivity index (χ1) is 15.1. The van der Waals surface area contributed by atoms with E-state index in [1.165, 1.54) is 29.3 Å². The van der Waals surface area contributed by atoms with E-state index in [1.54, 1.807) is 24.3 Å². The lowest BCUT2D eigenvalue weighted by Crippen LogP contribution is -2.30. The van der Waals surface area contributed by atoms with Gasteiger partial charge in [-0.05, 0) is 76.1 Å². The molecule has 0 bridgehead atoms. The summed E-state index contributed by atoms with van der Waals surface area (Å²) in [6.45, 7) is 0. The quantitative estimate of drug-likeness (QED) is 0.288. The number of hydrogen-bond acceptors (Lipinski definition) is 3. The second-order valence-corrected chi connectivity index (χ2v) is 8.11. The highest BCUT2D eigenvalue weighted by molar-refractivity contribution is 5.83. The number of rotatable bonds is 5.